The van der Waals surface area contributed by atoms with Crippen LogP contribution in [0.25, 0.3) is 5.57 Å². The average Bonchev–Trinajstić information content (AvgIpc) is 2.04. The van der Waals surface area contributed by atoms with Gasteiger partial charge < -0.3 is 0 Å². The second-order valence-electron chi connectivity index (χ2n) is 2.79. The van der Waals surface area contributed by atoms with Gasteiger partial charge in [-0.25, -0.2) is 0 Å². The average molecular weight is 146 g/mol. The maximum absolute atomic E-state index is 2.16. The van der Waals surface area contributed by atoms with Crippen molar-refractivity contribution >= 4 is 5.57 Å². The molecule has 0 aliphatic carbocycles. The van der Waals surface area contributed by atoms with Gasteiger partial charge in [0, 0.05) is 0 Å². The number of aryl methyl sites for hydroxylation is 1. The predicted octanol–water partition coefficient (Wildman–Crippen LogP) is 3.42. The Morgan fingerprint density at radius 1 is 1.27 bits per heavy atom. The van der Waals surface area contributed by atoms with Crippen molar-refractivity contribution in [1.29, 1.82) is 0 Å². The molecule has 0 heteroatoms. The third-order valence-corrected chi connectivity index (χ3v) is 2.00. The Labute approximate surface area is 68.6 Å². The summed E-state index contributed by atoms with van der Waals surface area (Å²) in [4.78, 5) is 0. The van der Waals surface area contributed by atoms with E-state index >= 15 is 0 Å². The normalized spacial score (nSPS) is 11.7. The minimum atomic E-state index is 1.35. The van der Waals surface area contributed by atoms with Gasteiger partial charge in [0.2, 0.25) is 0 Å². The zero-order valence-corrected chi connectivity index (χ0v) is 7.39. The summed E-state index contributed by atoms with van der Waals surface area (Å²) in [6, 6.07) is 8.45. The van der Waals surface area contributed by atoms with Crippen LogP contribution in [0, 0.1) is 6.92 Å². The van der Waals surface area contributed by atoms with E-state index in [0.29, 0.717) is 0 Å². The van der Waals surface area contributed by atoms with Crippen molar-refractivity contribution in [3.63, 3.8) is 0 Å². The number of hydrogen-bond acceptors (Lipinski definition) is 0. The Balaban J connectivity index is 3.14. The summed E-state index contributed by atoms with van der Waals surface area (Å²) < 4.78 is 0. The van der Waals surface area contributed by atoms with Crippen molar-refractivity contribution in [3.05, 3.63) is 41.5 Å². The Kier molecular flexibility index (Phi) is 2.48. The first-order valence-electron chi connectivity index (χ1n) is 3.94. The summed E-state index contributed by atoms with van der Waals surface area (Å²) in [5.74, 6) is 0. The SMILES string of the molecule is CC=C(C)c1ccccc1C. The third-order valence-electron chi connectivity index (χ3n) is 2.00. The second kappa shape index (κ2) is 3.38. The summed E-state index contributed by atoms with van der Waals surface area (Å²) in [6.45, 7) is 6.35. The topological polar surface area (TPSA) is 0 Å². The molecule has 0 aliphatic heterocycles. The van der Waals surface area contributed by atoms with E-state index in [1.165, 1.54) is 16.7 Å². The van der Waals surface area contributed by atoms with Crippen molar-refractivity contribution in [2.24, 2.45) is 0 Å². The van der Waals surface area contributed by atoms with Crippen molar-refractivity contribution in [2.75, 3.05) is 0 Å². The first-order chi connectivity index (χ1) is 5.25. The Morgan fingerprint density at radius 3 is 2.45 bits per heavy atom. The largest absolute Gasteiger partial charge is 0.0841 e. The minimum absolute atomic E-state index is 1.35. The quantitative estimate of drug-likeness (QED) is 0.569. The molecule has 0 atom stereocenters. The molecule has 1 aromatic carbocycles. The third kappa shape index (κ3) is 1.70. The number of rotatable bonds is 1. The maximum atomic E-state index is 2.16. The van der Waals surface area contributed by atoms with Crippen LogP contribution in [-0.4, -0.2) is 0 Å². The second-order valence-corrected chi connectivity index (χ2v) is 2.79. The first kappa shape index (κ1) is 8.06. The van der Waals surface area contributed by atoms with Crippen molar-refractivity contribution in [1.82, 2.24) is 0 Å². The monoisotopic (exact) mass is 146 g/mol. The van der Waals surface area contributed by atoms with Gasteiger partial charge >= 0.3 is 0 Å². The predicted molar refractivity (Wildman–Crippen MR) is 50.5 cm³/mol. The van der Waals surface area contributed by atoms with Gasteiger partial charge in [-0.2, -0.15) is 0 Å². The van der Waals surface area contributed by atoms with Crippen molar-refractivity contribution in [2.45, 2.75) is 20.8 Å². The molecule has 0 heterocycles. The molecule has 0 aromatic heterocycles. The molecule has 58 valence electrons. The lowest BCUT2D eigenvalue weighted by molar-refractivity contribution is 1.40. The Bertz CT molecular complexity index is 269. The van der Waals surface area contributed by atoms with Crippen LogP contribution in [-0.2, 0) is 0 Å². The van der Waals surface area contributed by atoms with E-state index in [4.69, 9.17) is 0 Å². The molecule has 0 N–H and O–H groups in total. The zero-order valence-electron chi connectivity index (χ0n) is 7.39. The molecule has 0 nitrogen and oxygen atoms in total. The van der Waals surface area contributed by atoms with E-state index in [-0.39, 0.29) is 0 Å². The molecule has 0 amide bonds. The highest BCUT2D eigenvalue weighted by molar-refractivity contribution is 5.65. The minimum Gasteiger partial charge on any atom is -0.0841 e. The van der Waals surface area contributed by atoms with Gasteiger partial charge in [0.1, 0.15) is 0 Å². The number of hydrogen-bond donors (Lipinski definition) is 0. The van der Waals surface area contributed by atoms with Gasteiger partial charge in [-0.05, 0) is 37.5 Å². The summed E-state index contributed by atoms with van der Waals surface area (Å²) in [6.07, 6.45) is 2.14. The fourth-order valence-corrected chi connectivity index (χ4v) is 1.17. The fraction of sp³-hybridized carbons (Fsp3) is 0.273. The van der Waals surface area contributed by atoms with Gasteiger partial charge in [-0.1, -0.05) is 30.3 Å². The lowest BCUT2D eigenvalue weighted by atomic mass is 10.0. The molecule has 0 fully saturated rings. The van der Waals surface area contributed by atoms with Crippen LogP contribution in [0.15, 0.2) is 30.3 Å². The van der Waals surface area contributed by atoms with Gasteiger partial charge in [0.15, 0.2) is 0 Å². The molecule has 0 saturated heterocycles. The Hall–Kier alpha value is -1.04. The van der Waals surface area contributed by atoms with Crippen LogP contribution in [0.3, 0.4) is 0 Å². The molecule has 0 unspecified atom stereocenters. The Morgan fingerprint density at radius 2 is 1.91 bits per heavy atom. The van der Waals surface area contributed by atoms with Crippen LogP contribution < -0.4 is 0 Å². The standard InChI is InChI=1S/C11H14/c1-4-9(2)11-8-6-5-7-10(11)3/h4-8H,1-3H3. The molecule has 1 aromatic rings. The summed E-state index contributed by atoms with van der Waals surface area (Å²) in [5, 5.41) is 0. The molecule has 0 radical (unpaired) electrons. The van der Waals surface area contributed by atoms with E-state index in [1.807, 2.05) is 0 Å². The van der Waals surface area contributed by atoms with E-state index < -0.39 is 0 Å². The lowest BCUT2D eigenvalue weighted by Gasteiger charge is -2.03. The van der Waals surface area contributed by atoms with Crippen LogP contribution in [0.2, 0.25) is 0 Å². The van der Waals surface area contributed by atoms with Crippen LogP contribution in [0.1, 0.15) is 25.0 Å². The van der Waals surface area contributed by atoms with E-state index in [1.54, 1.807) is 0 Å². The molecule has 1 rings (SSSR count). The number of allylic oxidation sites excluding steroid dienone is 2. The molecule has 0 saturated carbocycles. The highest BCUT2D eigenvalue weighted by atomic mass is 14.0. The van der Waals surface area contributed by atoms with Crippen LogP contribution in [0.5, 0.6) is 0 Å². The molecule has 0 spiro atoms. The maximum Gasteiger partial charge on any atom is -0.0201 e. The molecule has 11 heavy (non-hydrogen) atoms. The van der Waals surface area contributed by atoms with Gasteiger partial charge in [-0.15, -0.1) is 0 Å². The molecule has 0 aliphatic rings. The van der Waals surface area contributed by atoms with Gasteiger partial charge in [0.25, 0.3) is 0 Å². The molecule has 0 bridgehead atoms. The number of benzene rings is 1. The van der Waals surface area contributed by atoms with E-state index in [2.05, 4.69) is 51.1 Å². The van der Waals surface area contributed by atoms with Crippen LogP contribution >= 0.6 is 0 Å². The van der Waals surface area contributed by atoms with E-state index in [9.17, 15) is 0 Å². The van der Waals surface area contributed by atoms with E-state index in [0.717, 1.165) is 0 Å². The fourth-order valence-electron chi connectivity index (χ4n) is 1.17. The summed E-state index contributed by atoms with van der Waals surface area (Å²) in [7, 11) is 0. The van der Waals surface area contributed by atoms with Gasteiger partial charge in [0.05, 0.1) is 0 Å². The summed E-state index contributed by atoms with van der Waals surface area (Å²) >= 11 is 0. The lowest BCUT2D eigenvalue weighted by Crippen LogP contribution is -1.83. The summed E-state index contributed by atoms with van der Waals surface area (Å²) in [5.41, 5.74) is 4.06. The van der Waals surface area contributed by atoms with Crippen LogP contribution in [0.4, 0.5) is 0 Å². The smallest absolute Gasteiger partial charge is 0.0201 e. The highest BCUT2D eigenvalue weighted by Crippen LogP contribution is 2.16. The van der Waals surface area contributed by atoms with Crippen molar-refractivity contribution in [3.8, 4) is 0 Å². The molecular weight excluding hydrogens is 132 g/mol. The highest BCUT2D eigenvalue weighted by Gasteiger charge is 1.95. The molecular formula is C11H14. The first-order valence-corrected chi connectivity index (χ1v) is 3.94. The van der Waals surface area contributed by atoms with Gasteiger partial charge in [-0.3, -0.25) is 0 Å². The zero-order chi connectivity index (χ0) is 8.27. The van der Waals surface area contributed by atoms with Crippen molar-refractivity contribution < 1.29 is 0 Å².